The normalized spacial score (nSPS) is 10.7. The van der Waals surface area contributed by atoms with Gasteiger partial charge in [0.05, 0.1) is 0 Å². The molecule has 0 saturated carbocycles. The van der Waals surface area contributed by atoms with Gasteiger partial charge < -0.3 is 0 Å². The lowest BCUT2D eigenvalue weighted by molar-refractivity contribution is 0.429. The molecule has 0 aliphatic heterocycles. The minimum atomic E-state index is -0.228. The van der Waals surface area contributed by atoms with Crippen LogP contribution in [0.15, 0.2) is 0 Å². The Labute approximate surface area is 76.1 Å². The fourth-order valence-corrected chi connectivity index (χ4v) is 0.754. The molecule has 0 rings (SSSR count). The zero-order valence-corrected chi connectivity index (χ0v) is 8.62. The maximum atomic E-state index is 3.16. The van der Waals surface area contributed by atoms with Gasteiger partial charge in [0.15, 0.2) is 0 Å². The second-order valence-corrected chi connectivity index (χ2v) is 3.03. The molecule has 0 aromatic heterocycles. The third-order valence-corrected chi connectivity index (χ3v) is 1.99. The van der Waals surface area contributed by atoms with Crippen molar-refractivity contribution in [3.8, 4) is 11.8 Å². The van der Waals surface area contributed by atoms with Crippen LogP contribution in [0.4, 0.5) is 0 Å². The topological polar surface area (TPSA) is 24.1 Å². The van der Waals surface area contributed by atoms with Gasteiger partial charge in [-0.1, -0.05) is 25.2 Å². The van der Waals surface area contributed by atoms with E-state index in [-0.39, 0.29) is 5.66 Å². The van der Waals surface area contributed by atoms with E-state index in [1.807, 2.05) is 21.0 Å². The van der Waals surface area contributed by atoms with Gasteiger partial charge in [-0.2, -0.15) is 0 Å². The molecule has 0 radical (unpaired) electrons. The Morgan fingerprint density at radius 3 is 2.25 bits per heavy atom. The molecule has 0 aromatic carbocycles. The lowest BCUT2D eigenvalue weighted by Crippen LogP contribution is -2.49. The first-order valence-corrected chi connectivity index (χ1v) is 4.56. The summed E-state index contributed by atoms with van der Waals surface area (Å²) < 4.78 is 0. The number of unbranched alkanes of at least 4 members (excludes halogenated alkanes) is 2. The van der Waals surface area contributed by atoms with Crippen LogP contribution >= 0.6 is 0 Å². The predicted molar refractivity (Wildman–Crippen MR) is 53.8 cm³/mol. The van der Waals surface area contributed by atoms with E-state index in [2.05, 4.69) is 29.4 Å². The Bertz CT molecular complexity index is 160. The van der Waals surface area contributed by atoms with Crippen molar-refractivity contribution >= 4 is 0 Å². The predicted octanol–water partition coefficient (Wildman–Crippen LogP) is 1.33. The highest BCUT2D eigenvalue weighted by molar-refractivity contribution is 5.13. The molecular formula is C10H20N2. The monoisotopic (exact) mass is 168 g/mol. The third-order valence-electron chi connectivity index (χ3n) is 1.99. The molecule has 0 aliphatic rings. The highest BCUT2D eigenvalue weighted by Gasteiger charge is 2.13. The van der Waals surface area contributed by atoms with Crippen molar-refractivity contribution in [1.29, 1.82) is 0 Å². The van der Waals surface area contributed by atoms with E-state index in [1.165, 1.54) is 12.8 Å². The van der Waals surface area contributed by atoms with Crippen LogP contribution in [-0.4, -0.2) is 19.8 Å². The van der Waals surface area contributed by atoms with Gasteiger partial charge in [-0.15, -0.1) is 0 Å². The number of hydrogen-bond acceptors (Lipinski definition) is 2. The Hall–Kier alpha value is -0.520. The molecule has 0 aliphatic carbocycles. The Morgan fingerprint density at radius 2 is 1.83 bits per heavy atom. The molecule has 2 N–H and O–H groups in total. The Kier molecular flexibility index (Phi) is 5.79. The van der Waals surface area contributed by atoms with Crippen LogP contribution in [0.3, 0.4) is 0 Å². The third kappa shape index (κ3) is 4.38. The molecule has 0 aromatic rings. The molecule has 70 valence electrons. The average Bonchev–Trinajstić information content (AvgIpc) is 2.12. The van der Waals surface area contributed by atoms with Gasteiger partial charge in [0.25, 0.3) is 0 Å². The van der Waals surface area contributed by atoms with Gasteiger partial charge in [0, 0.05) is 6.42 Å². The zero-order valence-electron chi connectivity index (χ0n) is 8.62. The van der Waals surface area contributed by atoms with E-state index < -0.39 is 0 Å². The molecule has 0 heterocycles. The van der Waals surface area contributed by atoms with E-state index >= 15 is 0 Å². The van der Waals surface area contributed by atoms with Crippen molar-refractivity contribution < 1.29 is 0 Å². The molecule has 2 heteroatoms. The van der Waals surface area contributed by atoms with Gasteiger partial charge in [-0.05, 0) is 27.4 Å². The fourth-order valence-electron chi connectivity index (χ4n) is 0.754. The fraction of sp³-hybridized carbons (Fsp3) is 0.800. The second-order valence-electron chi connectivity index (χ2n) is 3.03. The summed E-state index contributed by atoms with van der Waals surface area (Å²) in [5.41, 5.74) is -0.228. The van der Waals surface area contributed by atoms with Gasteiger partial charge in [0.1, 0.15) is 5.66 Å². The van der Waals surface area contributed by atoms with Crippen LogP contribution in [0.25, 0.3) is 0 Å². The maximum Gasteiger partial charge on any atom is 0.129 e. The van der Waals surface area contributed by atoms with Gasteiger partial charge in [-0.25, -0.2) is 0 Å². The molecular weight excluding hydrogens is 148 g/mol. The minimum absolute atomic E-state index is 0.228. The van der Waals surface area contributed by atoms with Crippen molar-refractivity contribution in [1.82, 2.24) is 10.6 Å². The van der Waals surface area contributed by atoms with Crippen molar-refractivity contribution in [3.63, 3.8) is 0 Å². The largest absolute Gasteiger partial charge is 0.292 e. The molecule has 0 spiro atoms. The highest BCUT2D eigenvalue weighted by Crippen LogP contribution is 1.95. The highest BCUT2D eigenvalue weighted by atomic mass is 15.1. The lowest BCUT2D eigenvalue weighted by atomic mass is 10.2. The Morgan fingerprint density at radius 1 is 1.25 bits per heavy atom. The van der Waals surface area contributed by atoms with Crippen molar-refractivity contribution in [2.24, 2.45) is 0 Å². The number of nitrogens with one attached hydrogen (secondary N) is 2. The number of hydrogen-bond donors (Lipinski definition) is 2. The molecule has 0 amide bonds. The summed E-state index contributed by atoms with van der Waals surface area (Å²) in [5.74, 6) is 6.31. The van der Waals surface area contributed by atoms with E-state index in [4.69, 9.17) is 0 Å². The van der Waals surface area contributed by atoms with Crippen LogP contribution in [0, 0.1) is 11.8 Å². The smallest absolute Gasteiger partial charge is 0.129 e. The minimum Gasteiger partial charge on any atom is -0.292 e. The van der Waals surface area contributed by atoms with Crippen LogP contribution in [0.5, 0.6) is 0 Å². The lowest BCUT2D eigenvalue weighted by Gasteiger charge is -2.21. The first-order valence-electron chi connectivity index (χ1n) is 4.56. The van der Waals surface area contributed by atoms with Crippen molar-refractivity contribution in [3.05, 3.63) is 0 Å². The SMILES string of the molecule is CCCCC#CC(C)(NC)NC. The van der Waals surface area contributed by atoms with Crippen LogP contribution in [-0.2, 0) is 0 Å². The van der Waals surface area contributed by atoms with E-state index in [9.17, 15) is 0 Å². The second kappa shape index (κ2) is 6.05. The van der Waals surface area contributed by atoms with Gasteiger partial charge in [0.2, 0.25) is 0 Å². The molecule has 0 saturated heterocycles. The zero-order chi connectivity index (χ0) is 9.45. The first kappa shape index (κ1) is 11.5. The molecule has 12 heavy (non-hydrogen) atoms. The summed E-state index contributed by atoms with van der Waals surface area (Å²) >= 11 is 0. The first-order chi connectivity index (χ1) is 5.68. The molecule has 2 nitrogen and oxygen atoms in total. The number of rotatable bonds is 4. The summed E-state index contributed by atoms with van der Waals surface area (Å²) in [6.45, 7) is 4.21. The Balaban J connectivity index is 3.88. The van der Waals surface area contributed by atoms with Crippen LogP contribution in [0.2, 0.25) is 0 Å². The molecule has 0 bridgehead atoms. The van der Waals surface area contributed by atoms with E-state index in [1.54, 1.807) is 0 Å². The van der Waals surface area contributed by atoms with Gasteiger partial charge >= 0.3 is 0 Å². The van der Waals surface area contributed by atoms with Crippen molar-refractivity contribution in [2.45, 2.75) is 38.8 Å². The average molecular weight is 168 g/mol. The summed E-state index contributed by atoms with van der Waals surface area (Å²) in [5, 5.41) is 6.24. The van der Waals surface area contributed by atoms with Crippen LogP contribution < -0.4 is 10.6 Å². The molecule has 0 atom stereocenters. The standard InChI is InChI=1S/C10H20N2/c1-5-6-7-8-9-10(2,11-3)12-4/h11-12H,5-7H2,1-4H3. The van der Waals surface area contributed by atoms with Crippen molar-refractivity contribution in [2.75, 3.05) is 14.1 Å². The summed E-state index contributed by atoms with van der Waals surface area (Å²) in [4.78, 5) is 0. The van der Waals surface area contributed by atoms with Gasteiger partial charge in [-0.3, -0.25) is 10.6 Å². The quantitative estimate of drug-likeness (QED) is 0.376. The summed E-state index contributed by atoms with van der Waals surface area (Å²) in [6.07, 6.45) is 3.40. The van der Waals surface area contributed by atoms with Crippen LogP contribution in [0.1, 0.15) is 33.1 Å². The maximum absolute atomic E-state index is 3.16. The summed E-state index contributed by atoms with van der Waals surface area (Å²) in [6, 6.07) is 0. The van der Waals surface area contributed by atoms with E-state index in [0.29, 0.717) is 0 Å². The molecule has 0 unspecified atom stereocenters. The molecule has 0 fully saturated rings. The summed E-state index contributed by atoms with van der Waals surface area (Å²) in [7, 11) is 3.82. The van der Waals surface area contributed by atoms with E-state index in [0.717, 1.165) is 6.42 Å².